The second-order valence-electron chi connectivity index (χ2n) is 6.13. The molecule has 0 fully saturated rings. The van der Waals surface area contributed by atoms with E-state index in [2.05, 4.69) is 17.4 Å². The van der Waals surface area contributed by atoms with Crippen LogP contribution in [0.4, 0.5) is 5.69 Å². The largest absolute Gasteiger partial charge is 0.494 e. The summed E-state index contributed by atoms with van der Waals surface area (Å²) < 4.78 is 5.11. The van der Waals surface area contributed by atoms with E-state index in [0.29, 0.717) is 21.4 Å². The molecule has 3 nitrogen and oxygen atoms in total. The fourth-order valence-electron chi connectivity index (χ4n) is 3.31. The molecule has 3 aromatic carbocycles. The highest BCUT2D eigenvalue weighted by Gasteiger charge is 2.19. The lowest BCUT2D eigenvalue weighted by Crippen LogP contribution is -2.12. The molecule has 0 unspecified atom stereocenters. The Hall–Kier alpha value is -2.49. The number of hydrogen-bond donors (Lipinski definition) is 1. The number of carbonyl (C=O) groups excluding carboxylic acids is 1. The molecule has 0 bridgehead atoms. The summed E-state index contributed by atoms with van der Waals surface area (Å²) in [7, 11) is 1.48. The van der Waals surface area contributed by atoms with Crippen LogP contribution < -0.4 is 10.1 Å². The highest BCUT2D eigenvalue weighted by molar-refractivity contribution is 6.37. The van der Waals surface area contributed by atoms with E-state index >= 15 is 0 Å². The van der Waals surface area contributed by atoms with Crippen LogP contribution in [0.15, 0.2) is 54.6 Å². The molecule has 0 radical (unpaired) electrons. The Kier molecular flexibility index (Phi) is 4.35. The number of carbonyl (C=O) groups is 1. The van der Waals surface area contributed by atoms with Crippen LogP contribution >= 0.6 is 23.2 Å². The van der Waals surface area contributed by atoms with E-state index in [9.17, 15) is 4.79 Å². The minimum absolute atomic E-state index is 0.271. The first-order chi connectivity index (χ1) is 12.6. The number of ether oxygens (including phenoxy) is 1. The molecule has 3 aromatic rings. The summed E-state index contributed by atoms with van der Waals surface area (Å²) in [6.45, 7) is 0. The van der Waals surface area contributed by atoms with Crippen molar-refractivity contribution in [3.05, 3.63) is 81.3 Å². The van der Waals surface area contributed by atoms with Gasteiger partial charge in [-0.25, -0.2) is 0 Å². The number of methoxy groups -OCH3 is 1. The number of hydrogen-bond acceptors (Lipinski definition) is 2. The average molecular weight is 384 g/mol. The van der Waals surface area contributed by atoms with E-state index in [0.717, 1.165) is 12.1 Å². The molecule has 0 spiro atoms. The molecule has 5 heteroatoms. The first-order valence-electron chi connectivity index (χ1n) is 8.12. The fraction of sp³-hybridized carbons (Fsp3) is 0.0952. The van der Waals surface area contributed by atoms with E-state index < -0.39 is 0 Å². The van der Waals surface area contributed by atoms with Crippen LogP contribution in [0.5, 0.6) is 5.75 Å². The second kappa shape index (κ2) is 6.67. The van der Waals surface area contributed by atoms with Gasteiger partial charge in [0.25, 0.3) is 5.91 Å². The molecule has 0 saturated carbocycles. The molecule has 0 aromatic heterocycles. The van der Waals surface area contributed by atoms with Crippen LogP contribution in [0.1, 0.15) is 21.5 Å². The summed E-state index contributed by atoms with van der Waals surface area (Å²) in [4.78, 5) is 12.6. The minimum atomic E-state index is -0.271. The standard InChI is InChI=1S/C21H15Cl2NO2/c1-26-20-18(22)10-14(11-19(20)23)21(25)24-15-6-7-17-13(9-15)8-12-4-2-3-5-16(12)17/h2-7,9-11H,8H2,1H3,(H,24,25). The van der Waals surface area contributed by atoms with Gasteiger partial charge in [-0.3, -0.25) is 4.79 Å². The van der Waals surface area contributed by atoms with E-state index in [-0.39, 0.29) is 5.91 Å². The van der Waals surface area contributed by atoms with Gasteiger partial charge in [0.2, 0.25) is 0 Å². The van der Waals surface area contributed by atoms with Crippen molar-refractivity contribution in [3.8, 4) is 16.9 Å². The van der Waals surface area contributed by atoms with Crippen LogP contribution in [0, 0.1) is 0 Å². The third kappa shape index (κ3) is 2.94. The summed E-state index contributed by atoms with van der Waals surface area (Å²) in [5.41, 5.74) is 6.10. The van der Waals surface area contributed by atoms with Crippen molar-refractivity contribution in [1.29, 1.82) is 0 Å². The predicted octanol–water partition coefficient (Wildman–Crippen LogP) is 5.83. The second-order valence-corrected chi connectivity index (χ2v) is 6.95. The van der Waals surface area contributed by atoms with E-state index in [4.69, 9.17) is 27.9 Å². The Labute approximate surface area is 161 Å². The van der Waals surface area contributed by atoms with E-state index in [1.165, 1.54) is 29.4 Å². The molecule has 0 atom stereocenters. The Morgan fingerprint density at radius 1 is 0.962 bits per heavy atom. The van der Waals surface area contributed by atoms with Gasteiger partial charge in [-0.2, -0.15) is 0 Å². The van der Waals surface area contributed by atoms with E-state index in [1.807, 2.05) is 30.3 Å². The third-order valence-corrected chi connectivity index (χ3v) is 5.08. The zero-order valence-corrected chi connectivity index (χ0v) is 15.5. The van der Waals surface area contributed by atoms with Crippen molar-refractivity contribution in [3.63, 3.8) is 0 Å². The first kappa shape index (κ1) is 17.0. The van der Waals surface area contributed by atoms with Crippen molar-refractivity contribution in [2.24, 2.45) is 0 Å². The van der Waals surface area contributed by atoms with E-state index in [1.54, 1.807) is 12.1 Å². The van der Waals surface area contributed by atoms with Crippen LogP contribution in [0.2, 0.25) is 10.0 Å². The topological polar surface area (TPSA) is 38.3 Å². The van der Waals surface area contributed by atoms with Gasteiger partial charge in [-0.05, 0) is 52.9 Å². The SMILES string of the molecule is COc1c(Cl)cc(C(=O)Nc2ccc3c(c2)Cc2ccccc2-3)cc1Cl. The molecule has 0 aliphatic heterocycles. The Morgan fingerprint density at radius 2 is 1.65 bits per heavy atom. The van der Waals surface area contributed by atoms with Crippen molar-refractivity contribution < 1.29 is 9.53 Å². The van der Waals surface area contributed by atoms with Gasteiger partial charge < -0.3 is 10.1 Å². The molecule has 130 valence electrons. The summed E-state index contributed by atoms with van der Waals surface area (Å²) in [6.07, 6.45) is 0.870. The van der Waals surface area contributed by atoms with Gasteiger partial charge in [-0.15, -0.1) is 0 Å². The number of benzene rings is 3. The molecule has 1 aliphatic rings. The maximum Gasteiger partial charge on any atom is 0.255 e. The number of fused-ring (bicyclic) bond motifs is 3. The smallest absolute Gasteiger partial charge is 0.255 e. The lowest BCUT2D eigenvalue weighted by molar-refractivity contribution is 0.102. The summed E-state index contributed by atoms with van der Waals surface area (Å²) in [6, 6.07) is 17.4. The quantitative estimate of drug-likeness (QED) is 0.483. The maximum absolute atomic E-state index is 12.6. The molecule has 1 N–H and O–H groups in total. The van der Waals surface area contributed by atoms with Gasteiger partial charge in [0.1, 0.15) is 0 Å². The maximum atomic E-state index is 12.6. The van der Waals surface area contributed by atoms with Crippen molar-refractivity contribution in [2.75, 3.05) is 12.4 Å². The lowest BCUT2D eigenvalue weighted by Gasteiger charge is -2.10. The molecular formula is C21H15Cl2NO2. The number of rotatable bonds is 3. The Bertz CT molecular complexity index is 1010. The van der Waals surface area contributed by atoms with Gasteiger partial charge in [0.05, 0.1) is 17.2 Å². The number of anilines is 1. The zero-order valence-electron chi connectivity index (χ0n) is 14.0. The van der Waals surface area contributed by atoms with Crippen molar-refractivity contribution in [1.82, 2.24) is 0 Å². The number of nitrogens with one attached hydrogen (secondary N) is 1. The lowest BCUT2D eigenvalue weighted by atomic mass is 10.1. The molecule has 26 heavy (non-hydrogen) atoms. The molecule has 1 aliphatic carbocycles. The molecular weight excluding hydrogens is 369 g/mol. The number of amides is 1. The van der Waals surface area contributed by atoms with Gasteiger partial charge in [0, 0.05) is 11.3 Å². The van der Waals surface area contributed by atoms with Gasteiger partial charge in [-0.1, -0.05) is 53.5 Å². The molecule has 4 rings (SSSR count). The molecule has 1 amide bonds. The summed E-state index contributed by atoms with van der Waals surface area (Å²) in [5.74, 6) is 0.0899. The Morgan fingerprint density at radius 3 is 2.38 bits per heavy atom. The third-order valence-electron chi connectivity index (χ3n) is 4.52. The molecule has 0 heterocycles. The highest BCUT2D eigenvalue weighted by Crippen LogP contribution is 2.38. The normalized spacial score (nSPS) is 11.7. The predicted molar refractivity (Wildman–Crippen MR) is 106 cm³/mol. The van der Waals surface area contributed by atoms with Crippen LogP contribution in [0.3, 0.4) is 0 Å². The summed E-state index contributed by atoms with van der Waals surface area (Å²) in [5, 5.41) is 3.51. The van der Waals surface area contributed by atoms with Crippen molar-refractivity contribution in [2.45, 2.75) is 6.42 Å². The van der Waals surface area contributed by atoms with Crippen LogP contribution in [0.25, 0.3) is 11.1 Å². The Balaban J connectivity index is 1.59. The zero-order chi connectivity index (χ0) is 18.3. The molecule has 0 saturated heterocycles. The van der Waals surface area contributed by atoms with Gasteiger partial charge in [0.15, 0.2) is 5.75 Å². The number of halogens is 2. The van der Waals surface area contributed by atoms with Crippen molar-refractivity contribution >= 4 is 34.8 Å². The average Bonchev–Trinajstić information content (AvgIpc) is 2.99. The monoisotopic (exact) mass is 383 g/mol. The highest BCUT2D eigenvalue weighted by atomic mass is 35.5. The van der Waals surface area contributed by atoms with Crippen LogP contribution in [-0.2, 0) is 6.42 Å². The summed E-state index contributed by atoms with van der Waals surface area (Å²) >= 11 is 12.2. The first-order valence-corrected chi connectivity index (χ1v) is 8.88. The van der Waals surface area contributed by atoms with Crippen LogP contribution in [-0.4, -0.2) is 13.0 Å². The minimum Gasteiger partial charge on any atom is -0.494 e. The fourth-order valence-corrected chi connectivity index (χ4v) is 3.95. The van der Waals surface area contributed by atoms with Gasteiger partial charge >= 0.3 is 0 Å².